The first kappa shape index (κ1) is 13.8. The third kappa shape index (κ3) is 2.98. The number of pyridine rings is 1. The molecule has 5 heteroatoms. The average molecular weight is 302 g/mol. The highest BCUT2D eigenvalue weighted by molar-refractivity contribution is 6.31. The molecule has 0 atom stereocenters. The van der Waals surface area contributed by atoms with Crippen LogP contribution in [0.25, 0.3) is 0 Å². The molecule has 3 nitrogen and oxygen atoms in total. The van der Waals surface area contributed by atoms with Crippen molar-refractivity contribution >= 4 is 17.4 Å². The van der Waals surface area contributed by atoms with Crippen LogP contribution in [0.1, 0.15) is 24.1 Å². The molecule has 0 N–H and O–H groups in total. The fourth-order valence-corrected chi connectivity index (χ4v) is 2.41. The number of nitriles is 1. The lowest BCUT2D eigenvalue weighted by Gasteiger charge is -2.24. The Balaban J connectivity index is 1.92. The molecule has 106 valence electrons. The summed E-state index contributed by atoms with van der Waals surface area (Å²) in [6.45, 7) is 0.441. The maximum Gasteiger partial charge on any atom is 0.161 e. The molecule has 0 radical (unpaired) electrons. The van der Waals surface area contributed by atoms with Crippen molar-refractivity contribution in [2.75, 3.05) is 4.90 Å². The van der Waals surface area contributed by atoms with E-state index in [0.29, 0.717) is 29.0 Å². The molecule has 0 amide bonds. The second-order valence-corrected chi connectivity index (χ2v) is 5.47. The van der Waals surface area contributed by atoms with Gasteiger partial charge in [-0.3, -0.25) is 0 Å². The summed E-state index contributed by atoms with van der Waals surface area (Å²) < 4.78 is 13.8. The van der Waals surface area contributed by atoms with Crippen molar-refractivity contribution in [3.8, 4) is 6.07 Å². The minimum absolute atomic E-state index is 0.202. The van der Waals surface area contributed by atoms with E-state index in [1.54, 1.807) is 24.3 Å². The standard InChI is InChI=1S/C16H13ClFN3/c17-13-7-8-16(20-15(13)9-19)21(12-5-6-12)10-11-3-1-2-4-14(11)18/h1-4,7-8,12H,5-6,10H2. The molecular formula is C16H13ClFN3. The summed E-state index contributed by atoms with van der Waals surface area (Å²) in [4.78, 5) is 6.33. The highest BCUT2D eigenvalue weighted by Crippen LogP contribution is 2.33. The number of hydrogen-bond donors (Lipinski definition) is 0. The van der Waals surface area contributed by atoms with Gasteiger partial charge in [0.1, 0.15) is 17.7 Å². The molecule has 0 unspecified atom stereocenters. The van der Waals surface area contributed by atoms with Gasteiger partial charge in [-0.05, 0) is 31.0 Å². The lowest BCUT2D eigenvalue weighted by atomic mass is 10.2. The number of anilines is 1. The molecule has 1 aromatic heterocycles. The molecule has 0 saturated heterocycles. The van der Waals surface area contributed by atoms with Gasteiger partial charge in [-0.15, -0.1) is 0 Å². The summed E-state index contributed by atoms with van der Waals surface area (Å²) in [5.74, 6) is 0.444. The van der Waals surface area contributed by atoms with E-state index < -0.39 is 0 Å². The monoisotopic (exact) mass is 301 g/mol. The highest BCUT2D eigenvalue weighted by Gasteiger charge is 2.30. The molecule has 0 spiro atoms. The smallest absolute Gasteiger partial charge is 0.161 e. The zero-order valence-electron chi connectivity index (χ0n) is 11.3. The van der Waals surface area contributed by atoms with Gasteiger partial charge >= 0.3 is 0 Å². The summed E-state index contributed by atoms with van der Waals surface area (Å²) in [5.41, 5.74) is 0.827. The summed E-state index contributed by atoms with van der Waals surface area (Å²) in [5, 5.41) is 9.37. The van der Waals surface area contributed by atoms with Crippen LogP contribution < -0.4 is 4.90 Å². The number of benzene rings is 1. The van der Waals surface area contributed by atoms with Gasteiger partial charge in [-0.1, -0.05) is 29.8 Å². The molecule has 1 aromatic carbocycles. The van der Waals surface area contributed by atoms with Gasteiger partial charge in [0.2, 0.25) is 0 Å². The van der Waals surface area contributed by atoms with Crippen LogP contribution in [-0.4, -0.2) is 11.0 Å². The summed E-state index contributed by atoms with van der Waals surface area (Å²) >= 11 is 5.92. The van der Waals surface area contributed by atoms with Crippen molar-refractivity contribution in [3.63, 3.8) is 0 Å². The maximum absolute atomic E-state index is 13.8. The predicted octanol–water partition coefficient (Wildman–Crippen LogP) is 3.91. The van der Waals surface area contributed by atoms with Gasteiger partial charge in [-0.2, -0.15) is 5.26 Å². The fourth-order valence-electron chi connectivity index (χ4n) is 2.26. The van der Waals surface area contributed by atoms with Crippen molar-refractivity contribution in [2.24, 2.45) is 0 Å². The van der Waals surface area contributed by atoms with E-state index in [4.69, 9.17) is 16.9 Å². The van der Waals surface area contributed by atoms with Crippen LogP contribution in [0.2, 0.25) is 5.02 Å². The Morgan fingerprint density at radius 1 is 1.29 bits per heavy atom. The van der Waals surface area contributed by atoms with Crippen LogP contribution in [0.4, 0.5) is 10.2 Å². The second-order valence-electron chi connectivity index (χ2n) is 5.06. The van der Waals surface area contributed by atoms with E-state index in [0.717, 1.165) is 12.8 Å². The Kier molecular flexibility index (Phi) is 3.76. The van der Waals surface area contributed by atoms with Crippen molar-refractivity contribution in [1.29, 1.82) is 5.26 Å². The lowest BCUT2D eigenvalue weighted by Crippen LogP contribution is -2.26. The van der Waals surface area contributed by atoms with Crippen LogP contribution in [0.15, 0.2) is 36.4 Å². The van der Waals surface area contributed by atoms with Crippen molar-refractivity contribution < 1.29 is 4.39 Å². The molecule has 0 aliphatic heterocycles. The van der Waals surface area contributed by atoms with Crippen molar-refractivity contribution in [1.82, 2.24) is 4.98 Å². The van der Waals surface area contributed by atoms with Gasteiger partial charge in [0, 0.05) is 18.2 Å². The van der Waals surface area contributed by atoms with E-state index in [9.17, 15) is 4.39 Å². The molecule has 1 aliphatic rings. The first-order valence-electron chi connectivity index (χ1n) is 6.75. The molecule has 1 aliphatic carbocycles. The van der Waals surface area contributed by atoms with Crippen LogP contribution >= 0.6 is 11.6 Å². The molecule has 1 saturated carbocycles. The summed E-state index contributed by atoms with van der Waals surface area (Å²) in [6, 6.07) is 12.5. The third-order valence-electron chi connectivity index (χ3n) is 3.52. The molecule has 2 aromatic rings. The van der Waals surface area contributed by atoms with E-state index >= 15 is 0 Å². The van der Waals surface area contributed by atoms with Crippen molar-refractivity contribution in [2.45, 2.75) is 25.4 Å². The maximum atomic E-state index is 13.8. The van der Waals surface area contributed by atoms with E-state index in [1.165, 1.54) is 6.07 Å². The molecule has 0 bridgehead atoms. The molecule has 1 heterocycles. The molecule has 21 heavy (non-hydrogen) atoms. The largest absolute Gasteiger partial charge is 0.349 e. The Bertz CT molecular complexity index is 707. The van der Waals surface area contributed by atoms with Gasteiger partial charge in [-0.25, -0.2) is 9.37 Å². The summed E-state index contributed by atoms with van der Waals surface area (Å²) in [6.07, 6.45) is 2.11. The highest BCUT2D eigenvalue weighted by atomic mass is 35.5. The molecule has 3 rings (SSSR count). The van der Waals surface area contributed by atoms with Gasteiger partial charge in [0.15, 0.2) is 5.69 Å². The summed E-state index contributed by atoms with van der Waals surface area (Å²) in [7, 11) is 0. The zero-order valence-corrected chi connectivity index (χ0v) is 12.0. The third-order valence-corrected chi connectivity index (χ3v) is 3.82. The average Bonchev–Trinajstić information content (AvgIpc) is 3.32. The number of hydrogen-bond acceptors (Lipinski definition) is 3. The van der Waals surface area contributed by atoms with Crippen LogP contribution in [0.5, 0.6) is 0 Å². The van der Waals surface area contributed by atoms with Crippen LogP contribution in [-0.2, 0) is 6.54 Å². The van der Waals surface area contributed by atoms with Gasteiger partial charge in [0.05, 0.1) is 5.02 Å². The first-order chi connectivity index (χ1) is 10.2. The molecule has 1 fully saturated rings. The zero-order chi connectivity index (χ0) is 14.8. The van der Waals surface area contributed by atoms with Gasteiger partial charge < -0.3 is 4.90 Å². The van der Waals surface area contributed by atoms with E-state index in [1.807, 2.05) is 17.0 Å². The Morgan fingerprint density at radius 2 is 2.05 bits per heavy atom. The van der Waals surface area contributed by atoms with E-state index in [-0.39, 0.29) is 11.5 Å². The Hall–Kier alpha value is -2.12. The number of nitrogens with zero attached hydrogens (tertiary/aromatic N) is 3. The Labute approximate surface area is 127 Å². The number of halogens is 2. The SMILES string of the molecule is N#Cc1nc(N(Cc2ccccc2F)C2CC2)ccc1Cl. The second kappa shape index (κ2) is 5.71. The minimum atomic E-state index is -0.224. The normalized spacial score (nSPS) is 13.8. The minimum Gasteiger partial charge on any atom is -0.349 e. The quantitative estimate of drug-likeness (QED) is 0.859. The molecular weight excluding hydrogens is 289 g/mol. The van der Waals surface area contributed by atoms with Crippen LogP contribution in [0, 0.1) is 17.1 Å². The van der Waals surface area contributed by atoms with Gasteiger partial charge in [0.25, 0.3) is 0 Å². The Morgan fingerprint density at radius 3 is 2.71 bits per heavy atom. The van der Waals surface area contributed by atoms with Crippen molar-refractivity contribution in [3.05, 3.63) is 58.5 Å². The fraction of sp³-hybridized carbons (Fsp3) is 0.250. The van der Waals surface area contributed by atoms with Crippen LogP contribution in [0.3, 0.4) is 0 Å². The topological polar surface area (TPSA) is 39.9 Å². The lowest BCUT2D eigenvalue weighted by molar-refractivity contribution is 0.602. The first-order valence-corrected chi connectivity index (χ1v) is 7.13. The predicted molar refractivity (Wildman–Crippen MR) is 79.6 cm³/mol. The number of rotatable bonds is 4. The van der Waals surface area contributed by atoms with E-state index in [2.05, 4.69) is 4.98 Å². The number of aromatic nitrogens is 1.